The highest BCUT2D eigenvalue weighted by atomic mass is 35.6. The molecule has 0 saturated carbocycles. The number of fused-ring (bicyclic) bond motifs is 1. The first-order valence-electron chi connectivity index (χ1n) is 7.37. The van der Waals surface area contributed by atoms with Gasteiger partial charge in [0.05, 0.1) is 11.0 Å². The van der Waals surface area contributed by atoms with Crippen molar-refractivity contribution < 1.29 is 4.79 Å². The van der Waals surface area contributed by atoms with Crippen LogP contribution >= 0.6 is 46.6 Å². The summed E-state index contributed by atoms with van der Waals surface area (Å²) < 4.78 is -1.63. The van der Waals surface area contributed by atoms with Gasteiger partial charge in [-0.05, 0) is 18.6 Å². The molecule has 0 aliphatic rings. The molecule has 0 unspecified atom stereocenters. The molecule has 1 atom stereocenters. The molecule has 2 N–H and O–H groups in total. The predicted octanol–water partition coefficient (Wildman–Crippen LogP) is 5.05. The van der Waals surface area contributed by atoms with Crippen molar-refractivity contribution in [1.82, 2.24) is 15.3 Å². The second-order valence-electron chi connectivity index (χ2n) is 5.12. The van der Waals surface area contributed by atoms with Crippen molar-refractivity contribution >= 4 is 63.5 Å². The SMILES string of the molecule is CCCCCC(=O)N[C@@H](Sc1nc2ccccc2[nH]1)C(Cl)(Cl)Cl. The minimum Gasteiger partial charge on any atom is -0.340 e. The van der Waals surface area contributed by atoms with Crippen LogP contribution in [0.25, 0.3) is 11.0 Å². The topological polar surface area (TPSA) is 57.8 Å². The van der Waals surface area contributed by atoms with Gasteiger partial charge in [-0.25, -0.2) is 4.98 Å². The molecule has 2 rings (SSSR count). The highest BCUT2D eigenvalue weighted by Gasteiger charge is 2.35. The molecule has 126 valence electrons. The first-order chi connectivity index (χ1) is 10.9. The van der Waals surface area contributed by atoms with Gasteiger partial charge in [0.1, 0.15) is 5.37 Å². The number of unbranched alkanes of at least 4 members (excludes halogenated alkanes) is 2. The molecule has 23 heavy (non-hydrogen) atoms. The maximum absolute atomic E-state index is 12.0. The zero-order valence-electron chi connectivity index (χ0n) is 12.6. The largest absolute Gasteiger partial charge is 0.340 e. The Bertz CT molecular complexity index is 624. The van der Waals surface area contributed by atoms with Crippen LogP contribution < -0.4 is 5.32 Å². The zero-order chi connectivity index (χ0) is 16.9. The number of halogens is 3. The van der Waals surface area contributed by atoms with E-state index in [1.54, 1.807) is 0 Å². The molecule has 2 aromatic rings. The van der Waals surface area contributed by atoms with Gasteiger partial charge in [0.25, 0.3) is 0 Å². The van der Waals surface area contributed by atoms with Crippen molar-refractivity contribution in [1.29, 1.82) is 0 Å². The van der Waals surface area contributed by atoms with Crippen LogP contribution in [0, 0.1) is 0 Å². The van der Waals surface area contributed by atoms with Crippen LogP contribution in [0.4, 0.5) is 0 Å². The van der Waals surface area contributed by atoms with Gasteiger partial charge < -0.3 is 10.3 Å². The number of hydrogen-bond acceptors (Lipinski definition) is 3. The third-order valence-electron chi connectivity index (χ3n) is 3.19. The van der Waals surface area contributed by atoms with Gasteiger partial charge in [0.2, 0.25) is 9.70 Å². The predicted molar refractivity (Wildman–Crippen MR) is 98.3 cm³/mol. The Balaban J connectivity index is 2.05. The van der Waals surface area contributed by atoms with Crippen molar-refractivity contribution in [3.05, 3.63) is 24.3 Å². The number of para-hydroxylation sites is 2. The van der Waals surface area contributed by atoms with Crippen LogP contribution in [0.5, 0.6) is 0 Å². The summed E-state index contributed by atoms with van der Waals surface area (Å²) in [6.07, 6.45) is 3.30. The number of hydrogen-bond donors (Lipinski definition) is 2. The van der Waals surface area contributed by atoms with Crippen LogP contribution in [0.1, 0.15) is 32.6 Å². The first kappa shape index (κ1) is 18.7. The number of nitrogens with zero attached hydrogens (tertiary/aromatic N) is 1. The molecule has 0 bridgehead atoms. The third kappa shape index (κ3) is 5.75. The molecule has 0 spiro atoms. The van der Waals surface area contributed by atoms with Crippen LogP contribution in [0.3, 0.4) is 0 Å². The summed E-state index contributed by atoms with van der Waals surface area (Å²) in [7, 11) is 0. The minimum atomic E-state index is -1.63. The lowest BCUT2D eigenvalue weighted by Gasteiger charge is -2.24. The van der Waals surface area contributed by atoms with E-state index in [2.05, 4.69) is 22.2 Å². The number of benzene rings is 1. The van der Waals surface area contributed by atoms with Crippen molar-refractivity contribution in [2.45, 2.75) is 46.9 Å². The highest BCUT2D eigenvalue weighted by molar-refractivity contribution is 8.00. The van der Waals surface area contributed by atoms with Crippen LogP contribution in [0.2, 0.25) is 0 Å². The quantitative estimate of drug-likeness (QED) is 0.299. The van der Waals surface area contributed by atoms with Gasteiger partial charge in [0, 0.05) is 6.42 Å². The Morgan fingerprint density at radius 2 is 2.09 bits per heavy atom. The number of rotatable bonds is 7. The second kappa shape index (κ2) is 8.47. The van der Waals surface area contributed by atoms with E-state index in [1.165, 1.54) is 11.8 Å². The summed E-state index contributed by atoms with van der Waals surface area (Å²) in [5, 5.41) is 2.65. The number of aromatic amines is 1. The van der Waals surface area contributed by atoms with Crippen LogP contribution in [0.15, 0.2) is 29.4 Å². The number of amides is 1. The monoisotopic (exact) mass is 393 g/mol. The lowest BCUT2D eigenvalue weighted by molar-refractivity contribution is -0.121. The maximum Gasteiger partial charge on any atom is 0.221 e. The fourth-order valence-corrected chi connectivity index (χ4v) is 3.46. The molecule has 1 aromatic heterocycles. The molecular weight excluding hydrogens is 377 g/mol. The minimum absolute atomic E-state index is 0.126. The van der Waals surface area contributed by atoms with Crippen molar-refractivity contribution in [2.24, 2.45) is 0 Å². The zero-order valence-corrected chi connectivity index (χ0v) is 15.7. The number of H-pyrrole nitrogens is 1. The van der Waals surface area contributed by atoms with E-state index in [-0.39, 0.29) is 5.91 Å². The highest BCUT2D eigenvalue weighted by Crippen LogP contribution is 2.38. The Labute approximate surface area is 154 Å². The van der Waals surface area contributed by atoms with E-state index < -0.39 is 9.17 Å². The maximum atomic E-state index is 12.0. The van der Waals surface area contributed by atoms with E-state index in [0.29, 0.717) is 11.6 Å². The van der Waals surface area contributed by atoms with Crippen molar-refractivity contribution in [3.8, 4) is 0 Å². The van der Waals surface area contributed by atoms with Gasteiger partial charge in [-0.2, -0.15) is 0 Å². The number of imidazole rings is 1. The van der Waals surface area contributed by atoms with Crippen LogP contribution in [-0.2, 0) is 4.79 Å². The summed E-state index contributed by atoms with van der Waals surface area (Å²) in [5.74, 6) is -0.126. The number of carbonyl (C=O) groups is 1. The van der Waals surface area contributed by atoms with E-state index in [9.17, 15) is 4.79 Å². The van der Waals surface area contributed by atoms with E-state index in [1.807, 2.05) is 24.3 Å². The number of carbonyl (C=O) groups excluding carboxylic acids is 1. The second-order valence-corrected chi connectivity index (χ2v) is 8.59. The lowest BCUT2D eigenvalue weighted by Crippen LogP contribution is -2.41. The molecular formula is C15H18Cl3N3OS. The Morgan fingerprint density at radius 3 is 2.74 bits per heavy atom. The normalized spacial score (nSPS) is 13.2. The standard InChI is InChI=1S/C15H18Cl3N3OS/c1-2-3-4-9-12(22)21-13(15(16,17)18)23-14-19-10-7-5-6-8-11(10)20-14/h5-8,13H,2-4,9H2,1H3,(H,19,20)(H,21,22)/t13-/m0/s1. The van der Waals surface area contributed by atoms with E-state index >= 15 is 0 Å². The summed E-state index contributed by atoms with van der Waals surface area (Å²) >= 11 is 19.2. The van der Waals surface area contributed by atoms with E-state index in [4.69, 9.17) is 34.8 Å². The van der Waals surface area contributed by atoms with Gasteiger partial charge in [-0.1, -0.05) is 78.5 Å². The molecule has 0 radical (unpaired) electrons. The van der Waals surface area contributed by atoms with Crippen molar-refractivity contribution in [2.75, 3.05) is 0 Å². The Morgan fingerprint density at radius 1 is 1.35 bits per heavy atom. The number of nitrogens with one attached hydrogen (secondary N) is 2. The molecule has 0 aliphatic carbocycles. The summed E-state index contributed by atoms with van der Waals surface area (Å²) in [4.78, 5) is 19.6. The third-order valence-corrected chi connectivity index (χ3v) is 5.36. The Hall–Kier alpha value is -0.620. The van der Waals surface area contributed by atoms with Crippen LogP contribution in [-0.4, -0.2) is 25.0 Å². The molecule has 1 heterocycles. The van der Waals surface area contributed by atoms with Gasteiger partial charge in [0.15, 0.2) is 5.16 Å². The molecule has 1 amide bonds. The molecule has 0 aliphatic heterocycles. The average molecular weight is 395 g/mol. The number of alkyl halides is 3. The molecule has 0 fully saturated rings. The fraction of sp³-hybridized carbons (Fsp3) is 0.467. The van der Waals surface area contributed by atoms with Gasteiger partial charge in [-0.3, -0.25) is 4.79 Å². The smallest absolute Gasteiger partial charge is 0.221 e. The lowest BCUT2D eigenvalue weighted by atomic mass is 10.2. The van der Waals surface area contributed by atoms with Crippen molar-refractivity contribution in [3.63, 3.8) is 0 Å². The molecule has 1 aromatic carbocycles. The number of thioether (sulfide) groups is 1. The average Bonchev–Trinajstić information content (AvgIpc) is 2.88. The molecule has 0 saturated heterocycles. The number of aromatic nitrogens is 2. The van der Waals surface area contributed by atoms with E-state index in [0.717, 1.165) is 30.3 Å². The first-order valence-corrected chi connectivity index (χ1v) is 9.39. The summed E-state index contributed by atoms with van der Waals surface area (Å²) in [6, 6.07) is 7.63. The summed E-state index contributed by atoms with van der Waals surface area (Å²) in [5.41, 5.74) is 1.72. The fourth-order valence-electron chi connectivity index (χ4n) is 2.03. The molecule has 8 heteroatoms. The Kier molecular flexibility index (Phi) is 6.89. The van der Waals surface area contributed by atoms with Gasteiger partial charge in [-0.15, -0.1) is 0 Å². The van der Waals surface area contributed by atoms with Gasteiger partial charge >= 0.3 is 0 Å². The summed E-state index contributed by atoms with van der Waals surface area (Å²) in [6.45, 7) is 2.08. The molecule has 4 nitrogen and oxygen atoms in total.